The number of nitrogens with zero attached hydrogens (tertiary/aromatic N) is 1. The minimum atomic E-state index is 0.532. The number of nitrogens with one attached hydrogen (secondary N) is 1. The summed E-state index contributed by atoms with van der Waals surface area (Å²) in [5.41, 5.74) is 2.40. The van der Waals surface area contributed by atoms with Crippen molar-refractivity contribution in [3.05, 3.63) is 48.8 Å². The molecule has 0 aliphatic rings. The predicted molar refractivity (Wildman–Crippen MR) is 78.4 cm³/mol. The van der Waals surface area contributed by atoms with E-state index in [2.05, 4.69) is 60.4 Å². The third-order valence-electron chi connectivity index (χ3n) is 3.15. The highest BCUT2D eigenvalue weighted by Gasteiger charge is 2.02. The molecule has 2 heteroatoms. The molecule has 0 aliphatic carbocycles. The van der Waals surface area contributed by atoms with Gasteiger partial charge >= 0.3 is 0 Å². The normalized spacial score (nSPS) is 12.3. The molecule has 1 N–H and O–H groups in total. The van der Waals surface area contributed by atoms with Gasteiger partial charge in [0.1, 0.15) is 0 Å². The molecular weight excluding hydrogens is 220 g/mol. The van der Waals surface area contributed by atoms with Crippen LogP contribution in [0.1, 0.15) is 33.1 Å². The van der Waals surface area contributed by atoms with Gasteiger partial charge in [-0.15, -0.1) is 0 Å². The largest absolute Gasteiger partial charge is 0.383 e. The SMILES string of the molecule is CCCCC(C)Nc1cccc(-n2cccc2)c1. The molecule has 0 bridgehead atoms. The lowest BCUT2D eigenvalue weighted by atomic mass is 10.1. The molecule has 1 aromatic carbocycles. The van der Waals surface area contributed by atoms with E-state index < -0.39 is 0 Å². The zero-order valence-corrected chi connectivity index (χ0v) is 11.3. The van der Waals surface area contributed by atoms with Crippen LogP contribution in [0.15, 0.2) is 48.8 Å². The molecule has 1 aromatic heterocycles. The number of aromatic nitrogens is 1. The Bertz CT molecular complexity index is 460. The molecule has 0 amide bonds. The summed E-state index contributed by atoms with van der Waals surface area (Å²) in [5.74, 6) is 0. The molecule has 1 atom stereocenters. The van der Waals surface area contributed by atoms with E-state index in [4.69, 9.17) is 0 Å². The summed E-state index contributed by atoms with van der Waals surface area (Å²) in [4.78, 5) is 0. The van der Waals surface area contributed by atoms with E-state index in [0.29, 0.717) is 6.04 Å². The zero-order chi connectivity index (χ0) is 12.8. The van der Waals surface area contributed by atoms with Crippen LogP contribution in [0.3, 0.4) is 0 Å². The van der Waals surface area contributed by atoms with Crippen molar-refractivity contribution in [3.8, 4) is 5.69 Å². The molecule has 0 radical (unpaired) electrons. The second-order valence-electron chi connectivity index (χ2n) is 4.83. The summed E-state index contributed by atoms with van der Waals surface area (Å²) in [7, 11) is 0. The van der Waals surface area contributed by atoms with E-state index in [1.165, 1.54) is 30.6 Å². The molecule has 0 saturated heterocycles. The Kier molecular flexibility index (Phi) is 4.46. The average molecular weight is 242 g/mol. The Balaban J connectivity index is 2.03. The minimum absolute atomic E-state index is 0.532. The van der Waals surface area contributed by atoms with Crippen molar-refractivity contribution in [2.45, 2.75) is 39.2 Å². The van der Waals surface area contributed by atoms with Crippen LogP contribution in [-0.2, 0) is 0 Å². The molecule has 18 heavy (non-hydrogen) atoms. The fraction of sp³-hybridized carbons (Fsp3) is 0.375. The van der Waals surface area contributed by atoms with Crippen LogP contribution >= 0.6 is 0 Å². The maximum atomic E-state index is 3.57. The highest BCUT2D eigenvalue weighted by molar-refractivity contribution is 5.51. The van der Waals surface area contributed by atoms with Crippen LogP contribution in [0.4, 0.5) is 5.69 Å². The number of anilines is 1. The van der Waals surface area contributed by atoms with Gasteiger partial charge in [-0.25, -0.2) is 0 Å². The Morgan fingerprint density at radius 2 is 1.94 bits per heavy atom. The monoisotopic (exact) mass is 242 g/mol. The van der Waals surface area contributed by atoms with Gasteiger partial charge in [0.25, 0.3) is 0 Å². The van der Waals surface area contributed by atoms with Gasteiger partial charge in [-0.3, -0.25) is 0 Å². The van der Waals surface area contributed by atoms with E-state index in [0.717, 1.165) is 0 Å². The number of hydrogen-bond donors (Lipinski definition) is 1. The van der Waals surface area contributed by atoms with E-state index in [1.54, 1.807) is 0 Å². The second kappa shape index (κ2) is 6.29. The molecule has 2 nitrogen and oxygen atoms in total. The first-order chi connectivity index (χ1) is 8.79. The third-order valence-corrected chi connectivity index (χ3v) is 3.15. The minimum Gasteiger partial charge on any atom is -0.383 e. The van der Waals surface area contributed by atoms with Crippen LogP contribution in [0.25, 0.3) is 5.69 Å². The third kappa shape index (κ3) is 3.39. The first-order valence-electron chi connectivity index (χ1n) is 6.79. The molecule has 1 unspecified atom stereocenters. The summed E-state index contributed by atoms with van der Waals surface area (Å²) in [5, 5.41) is 3.57. The Hall–Kier alpha value is -1.70. The number of unbranched alkanes of at least 4 members (excludes halogenated alkanes) is 1. The van der Waals surface area contributed by atoms with Gasteiger partial charge in [0.15, 0.2) is 0 Å². The van der Waals surface area contributed by atoms with Gasteiger partial charge in [-0.2, -0.15) is 0 Å². The Labute approximate surface area is 110 Å². The molecule has 0 fully saturated rings. The quantitative estimate of drug-likeness (QED) is 0.791. The Morgan fingerprint density at radius 1 is 1.17 bits per heavy atom. The van der Waals surface area contributed by atoms with E-state index in [-0.39, 0.29) is 0 Å². The first-order valence-corrected chi connectivity index (χ1v) is 6.79. The lowest BCUT2D eigenvalue weighted by Gasteiger charge is -2.15. The van der Waals surface area contributed by atoms with Gasteiger partial charge in [-0.05, 0) is 43.7 Å². The van der Waals surface area contributed by atoms with E-state index >= 15 is 0 Å². The highest BCUT2D eigenvalue weighted by atomic mass is 15.0. The van der Waals surface area contributed by atoms with Crippen LogP contribution in [0, 0.1) is 0 Å². The maximum Gasteiger partial charge on any atom is 0.0469 e. The summed E-state index contributed by atoms with van der Waals surface area (Å²) < 4.78 is 2.13. The predicted octanol–water partition coefficient (Wildman–Crippen LogP) is 4.47. The molecule has 1 heterocycles. The topological polar surface area (TPSA) is 17.0 Å². The van der Waals surface area contributed by atoms with Gasteiger partial charge in [0.05, 0.1) is 0 Å². The first kappa shape index (κ1) is 12.7. The van der Waals surface area contributed by atoms with Crippen molar-refractivity contribution in [3.63, 3.8) is 0 Å². The van der Waals surface area contributed by atoms with Gasteiger partial charge in [0, 0.05) is 29.8 Å². The summed E-state index contributed by atoms with van der Waals surface area (Å²) in [6.45, 7) is 4.48. The van der Waals surface area contributed by atoms with E-state index in [1.807, 2.05) is 12.1 Å². The summed E-state index contributed by atoms with van der Waals surface area (Å²) >= 11 is 0. The maximum absolute atomic E-state index is 3.57. The lowest BCUT2D eigenvalue weighted by Crippen LogP contribution is -2.14. The molecule has 0 spiro atoms. The zero-order valence-electron chi connectivity index (χ0n) is 11.3. The van der Waals surface area contributed by atoms with E-state index in [9.17, 15) is 0 Å². The van der Waals surface area contributed by atoms with Gasteiger partial charge < -0.3 is 9.88 Å². The highest BCUT2D eigenvalue weighted by Crippen LogP contribution is 2.16. The lowest BCUT2D eigenvalue weighted by molar-refractivity contribution is 0.645. The Morgan fingerprint density at radius 3 is 2.67 bits per heavy atom. The van der Waals surface area contributed by atoms with Crippen molar-refractivity contribution in [2.24, 2.45) is 0 Å². The smallest absolute Gasteiger partial charge is 0.0469 e. The summed E-state index contributed by atoms with van der Waals surface area (Å²) in [6, 6.07) is 13.2. The number of hydrogen-bond acceptors (Lipinski definition) is 1. The van der Waals surface area contributed by atoms with Crippen LogP contribution in [0.2, 0.25) is 0 Å². The van der Waals surface area contributed by atoms with Gasteiger partial charge in [0.2, 0.25) is 0 Å². The number of benzene rings is 1. The average Bonchev–Trinajstić information content (AvgIpc) is 2.90. The van der Waals surface area contributed by atoms with Crippen molar-refractivity contribution in [1.29, 1.82) is 0 Å². The van der Waals surface area contributed by atoms with Crippen LogP contribution in [-0.4, -0.2) is 10.6 Å². The number of rotatable bonds is 6. The molecular formula is C16H22N2. The standard InChI is InChI=1S/C16H22N2/c1-3-4-8-14(2)17-15-9-7-10-16(13-15)18-11-5-6-12-18/h5-7,9-14,17H,3-4,8H2,1-2H3. The van der Waals surface area contributed by atoms with Crippen LogP contribution < -0.4 is 5.32 Å². The molecule has 2 aromatic rings. The molecule has 0 saturated carbocycles. The van der Waals surface area contributed by atoms with Crippen molar-refractivity contribution in [2.75, 3.05) is 5.32 Å². The van der Waals surface area contributed by atoms with Crippen molar-refractivity contribution in [1.82, 2.24) is 4.57 Å². The second-order valence-corrected chi connectivity index (χ2v) is 4.83. The fourth-order valence-electron chi connectivity index (χ4n) is 2.13. The van der Waals surface area contributed by atoms with Crippen molar-refractivity contribution < 1.29 is 0 Å². The van der Waals surface area contributed by atoms with Gasteiger partial charge in [-0.1, -0.05) is 25.8 Å². The summed E-state index contributed by atoms with van der Waals surface area (Å²) in [6.07, 6.45) is 7.91. The van der Waals surface area contributed by atoms with Crippen molar-refractivity contribution >= 4 is 5.69 Å². The fourth-order valence-corrected chi connectivity index (χ4v) is 2.13. The van der Waals surface area contributed by atoms with Crippen LogP contribution in [0.5, 0.6) is 0 Å². The molecule has 0 aliphatic heterocycles. The molecule has 96 valence electrons. The molecule has 2 rings (SSSR count).